The van der Waals surface area contributed by atoms with E-state index in [0.717, 1.165) is 4.47 Å². The molecule has 8 aromatic carbocycles. The number of fused-ring (bicyclic) bond motifs is 9. The van der Waals surface area contributed by atoms with E-state index < -0.39 is 0 Å². The average Bonchev–Trinajstić information content (AvgIpc) is 3.41. The van der Waals surface area contributed by atoms with E-state index in [1.165, 1.54) is 82.1 Å². The van der Waals surface area contributed by atoms with Gasteiger partial charge in [0.25, 0.3) is 0 Å². The van der Waals surface area contributed by atoms with Crippen molar-refractivity contribution in [2.45, 2.75) is 0 Å². The largest absolute Gasteiger partial charge is 0.309 e. The van der Waals surface area contributed by atoms with Crippen LogP contribution in [0, 0.1) is 0 Å². The Morgan fingerprint density at radius 2 is 0.773 bits per heavy atom. The molecule has 1 heterocycles. The van der Waals surface area contributed by atoms with E-state index in [-0.39, 0.29) is 0 Å². The molecule has 0 aliphatic rings. The number of halogens is 1. The Morgan fingerprint density at radius 1 is 0.318 bits per heavy atom. The molecular weight excluding hydrogens is 598 g/mol. The van der Waals surface area contributed by atoms with Gasteiger partial charge in [0.05, 0.1) is 11.0 Å². The van der Waals surface area contributed by atoms with Crippen LogP contribution in [0.4, 0.5) is 0 Å². The normalized spacial score (nSPS) is 11.8. The lowest BCUT2D eigenvalue weighted by Gasteiger charge is -2.14. The molecule has 9 aromatic rings. The summed E-state index contributed by atoms with van der Waals surface area (Å²) in [6.07, 6.45) is 0. The third kappa shape index (κ3) is 3.92. The predicted octanol–water partition coefficient (Wildman–Crippen LogP) is 12.3. The molecule has 0 amide bonds. The Labute approximate surface area is 263 Å². The first kappa shape index (κ1) is 25.3. The van der Waals surface area contributed by atoms with Crippen molar-refractivity contribution in [3.63, 3.8) is 0 Å². The maximum atomic E-state index is 3.73. The summed E-state index contributed by atoms with van der Waals surface area (Å²) in [6.45, 7) is 0. The topological polar surface area (TPSA) is 4.93 Å². The monoisotopic (exact) mass is 623 g/mol. The molecule has 44 heavy (non-hydrogen) atoms. The Kier molecular flexibility index (Phi) is 5.72. The number of hydrogen-bond donors (Lipinski definition) is 0. The summed E-state index contributed by atoms with van der Waals surface area (Å²) in [6, 6.07) is 57.5. The highest BCUT2D eigenvalue weighted by Gasteiger charge is 2.15. The van der Waals surface area contributed by atoms with Crippen LogP contribution in [0.15, 0.2) is 162 Å². The third-order valence-electron chi connectivity index (χ3n) is 9.02. The van der Waals surface area contributed by atoms with Gasteiger partial charge in [0.1, 0.15) is 0 Å². The van der Waals surface area contributed by atoms with Crippen molar-refractivity contribution in [3.8, 4) is 27.9 Å². The van der Waals surface area contributed by atoms with E-state index in [1.54, 1.807) is 0 Å². The van der Waals surface area contributed by atoms with Gasteiger partial charge in [0.2, 0.25) is 0 Å². The van der Waals surface area contributed by atoms with E-state index in [2.05, 4.69) is 178 Å². The molecule has 206 valence electrons. The molecule has 9 rings (SSSR count). The third-order valence-corrected chi connectivity index (χ3v) is 9.51. The van der Waals surface area contributed by atoms with Gasteiger partial charge in [-0.3, -0.25) is 0 Å². The van der Waals surface area contributed by atoms with Crippen LogP contribution in [0.3, 0.4) is 0 Å². The summed E-state index contributed by atoms with van der Waals surface area (Å²) >= 11 is 3.73. The first-order valence-corrected chi connectivity index (χ1v) is 15.8. The summed E-state index contributed by atoms with van der Waals surface area (Å²) in [5, 5.41) is 10.2. The molecule has 0 radical (unpaired) electrons. The summed E-state index contributed by atoms with van der Waals surface area (Å²) in [5.41, 5.74) is 8.51. The zero-order valence-corrected chi connectivity index (χ0v) is 25.4. The number of rotatable bonds is 3. The summed E-state index contributed by atoms with van der Waals surface area (Å²) in [5.74, 6) is 0. The fourth-order valence-corrected chi connectivity index (χ4v) is 7.34. The molecule has 1 nitrogen and oxygen atoms in total. The Hall–Kier alpha value is -5.18. The second-order valence-corrected chi connectivity index (χ2v) is 12.4. The Bertz CT molecular complexity index is 2520. The van der Waals surface area contributed by atoms with Gasteiger partial charge in [0.15, 0.2) is 0 Å². The highest BCUT2D eigenvalue weighted by atomic mass is 79.9. The number of para-hydroxylation sites is 1. The van der Waals surface area contributed by atoms with Crippen LogP contribution in [0.25, 0.3) is 82.1 Å². The fourth-order valence-electron chi connectivity index (χ4n) is 6.98. The van der Waals surface area contributed by atoms with Crippen molar-refractivity contribution in [2.75, 3.05) is 0 Å². The first-order valence-electron chi connectivity index (χ1n) is 15.0. The quantitative estimate of drug-likeness (QED) is 0.172. The molecule has 0 aliphatic heterocycles. The molecule has 0 unspecified atom stereocenters. The molecule has 0 bridgehead atoms. The minimum absolute atomic E-state index is 1.09. The number of benzene rings is 8. The molecule has 1 aromatic heterocycles. The Balaban J connectivity index is 1.27. The molecule has 0 saturated heterocycles. The molecule has 0 atom stereocenters. The van der Waals surface area contributed by atoms with Gasteiger partial charge in [-0.15, -0.1) is 0 Å². The lowest BCUT2D eigenvalue weighted by atomic mass is 9.90. The highest BCUT2D eigenvalue weighted by Crippen LogP contribution is 2.40. The lowest BCUT2D eigenvalue weighted by molar-refractivity contribution is 1.18. The summed E-state index contributed by atoms with van der Waals surface area (Å²) < 4.78 is 3.45. The van der Waals surface area contributed by atoms with Crippen molar-refractivity contribution < 1.29 is 0 Å². The van der Waals surface area contributed by atoms with Gasteiger partial charge in [-0.25, -0.2) is 0 Å². The van der Waals surface area contributed by atoms with Crippen LogP contribution in [0.2, 0.25) is 0 Å². The van der Waals surface area contributed by atoms with Crippen LogP contribution in [-0.2, 0) is 0 Å². The van der Waals surface area contributed by atoms with Gasteiger partial charge < -0.3 is 4.57 Å². The van der Waals surface area contributed by atoms with Crippen molar-refractivity contribution in [1.82, 2.24) is 4.57 Å². The second-order valence-electron chi connectivity index (χ2n) is 11.5. The van der Waals surface area contributed by atoms with Crippen molar-refractivity contribution in [2.24, 2.45) is 0 Å². The average molecular weight is 625 g/mol. The fraction of sp³-hybridized carbons (Fsp3) is 0. The van der Waals surface area contributed by atoms with Gasteiger partial charge >= 0.3 is 0 Å². The van der Waals surface area contributed by atoms with Gasteiger partial charge in [-0.1, -0.05) is 119 Å². The van der Waals surface area contributed by atoms with Crippen molar-refractivity contribution in [3.05, 3.63) is 162 Å². The molecule has 2 heteroatoms. The Morgan fingerprint density at radius 3 is 1.41 bits per heavy atom. The van der Waals surface area contributed by atoms with Crippen molar-refractivity contribution in [1.29, 1.82) is 0 Å². The molecule has 0 fully saturated rings. The number of nitrogens with zero attached hydrogens (tertiary/aromatic N) is 1. The predicted molar refractivity (Wildman–Crippen MR) is 192 cm³/mol. The van der Waals surface area contributed by atoms with E-state index in [0.29, 0.717) is 0 Å². The molecule has 0 saturated carbocycles. The smallest absolute Gasteiger partial charge is 0.0541 e. The van der Waals surface area contributed by atoms with Gasteiger partial charge in [0, 0.05) is 20.9 Å². The minimum Gasteiger partial charge on any atom is -0.309 e. The zero-order valence-electron chi connectivity index (χ0n) is 23.8. The van der Waals surface area contributed by atoms with Crippen LogP contribution in [0.1, 0.15) is 0 Å². The SMILES string of the molecule is Brc1ccc2c(c1)c1cc(-c3ccc4c5ccc(-c6ccccc6)cc5c5ccccc5c4c3)ccc1n2-c1ccccc1. The highest BCUT2D eigenvalue weighted by molar-refractivity contribution is 9.10. The van der Waals surface area contributed by atoms with Crippen LogP contribution >= 0.6 is 15.9 Å². The summed E-state index contributed by atoms with van der Waals surface area (Å²) in [4.78, 5) is 0. The minimum atomic E-state index is 1.09. The standard InChI is InChI=1S/C42H26BrN/c43-31-18-22-42-40(26-31)39-25-30(17-21-41(39)44(42)32-11-5-2-6-12-32)29-16-20-36-35-19-15-28(27-9-3-1-4-10-27)23-37(35)33-13-7-8-14-34(33)38(36)24-29/h1-26H. The number of aromatic nitrogens is 1. The van der Waals surface area contributed by atoms with E-state index in [1.807, 2.05) is 0 Å². The van der Waals surface area contributed by atoms with E-state index in [4.69, 9.17) is 0 Å². The summed E-state index contributed by atoms with van der Waals surface area (Å²) in [7, 11) is 0. The van der Waals surface area contributed by atoms with E-state index >= 15 is 0 Å². The number of hydrogen-bond acceptors (Lipinski definition) is 0. The van der Waals surface area contributed by atoms with Gasteiger partial charge in [-0.2, -0.15) is 0 Å². The molecule has 0 aliphatic carbocycles. The van der Waals surface area contributed by atoms with Crippen LogP contribution < -0.4 is 0 Å². The maximum absolute atomic E-state index is 3.73. The first-order chi connectivity index (χ1) is 21.7. The second kappa shape index (κ2) is 9.94. The van der Waals surface area contributed by atoms with Gasteiger partial charge in [-0.05, 0) is 109 Å². The molecule has 0 N–H and O–H groups in total. The molecule has 0 spiro atoms. The van der Waals surface area contributed by atoms with Crippen molar-refractivity contribution >= 4 is 70.1 Å². The molecular formula is C42H26BrN. The van der Waals surface area contributed by atoms with E-state index in [9.17, 15) is 0 Å². The maximum Gasteiger partial charge on any atom is 0.0541 e. The van der Waals surface area contributed by atoms with Crippen LogP contribution in [-0.4, -0.2) is 4.57 Å². The lowest BCUT2D eigenvalue weighted by Crippen LogP contribution is -1.92. The zero-order chi connectivity index (χ0) is 29.2. The van der Waals surface area contributed by atoms with Crippen LogP contribution in [0.5, 0.6) is 0 Å².